The van der Waals surface area contributed by atoms with Gasteiger partial charge in [-0.15, -0.1) is 0 Å². The summed E-state index contributed by atoms with van der Waals surface area (Å²) >= 11 is 0. The second-order valence-corrected chi connectivity index (χ2v) is 9.31. The fourth-order valence-electron chi connectivity index (χ4n) is 4.85. The van der Waals surface area contributed by atoms with Crippen LogP contribution in [0.1, 0.15) is 28.4 Å². The molecule has 0 aromatic heterocycles. The van der Waals surface area contributed by atoms with Crippen LogP contribution in [-0.2, 0) is 32.2 Å². The minimum Gasteiger partial charge on any atom is -0.497 e. The van der Waals surface area contributed by atoms with Crippen LogP contribution in [0.25, 0.3) is 0 Å². The molecule has 3 aromatic rings. The molecule has 2 bridgehead atoms. The lowest BCUT2D eigenvalue weighted by Gasteiger charge is -2.31. The third-order valence-electron chi connectivity index (χ3n) is 6.87. The molecule has 36 heavy (non-hydrogen) atoms. The van der Waals surface area contributed by atoms with Crippen LogP contribution in [0.15, 0.2) is 66.7 Å². The zero-order valence-corrected chi connectivity index (χ0v) is 20.7. The van der Waals surface area contributed by atoms with Crippen molar-refractivity contribution < 1.29 is 32.8 Å². The predicted octanol–water partition coefficient (Wildman–Crippen LogP) is 5.16. The quantitative estimate of drug-likeness (QED) is 0.388. The van der Waals surface area contributed by atoms with Crippen molar-refractivity contribution in [3.63, 3.8) is 0 Å². The summed E-state index contributed by atoms with van der Waals surface area (Å²) in [6.45, 7) is 3.24. The van der Waals surface area contributed by atoms with Gasteiger partial charge < -0.3 is 28.4 Å². The van der Waals surface area contributed by atoms with Crippen molar-refractivity contribution in [2.24, 2.45) is 0 Å². The van der Waals surface area contributed by atoms with Gasteiger partial charge >= 0.3 is 0 Å². The summed E-state index contributed by atoms with van der Waals surface area (Å²) in [6, 6.07) is 20.6. The fraction of sp³-hybridized carbons (Fsp3) is 0.379. The zero-order chi connectivity index (χ0) is 25.1. The maximum Gasteiger partial charge on any atom is 0.144 e. The second kappa shape index (κ2) is 10.6. The lowest BCUT2D eigenvalue weighted by molar-refractivity contribution is -0.176. The molecule has 0 amide bonds. The molecule has 0 radical (unpaired) electrons. The van der Waals surface area contributed by atoms with E-state index in [1.165, 1.54) is 6.07 Å². The Morgan fingerprint density at radius 1 is 0.889 bits per heavy atom. The monoisotopic (exact) mass is 494 g/mol. The SMILES string of the molecule is COc1ccc(COCC23CO[C@@H]([C@H](c4ccc(F)c(C)c4)O2)[C@@H]3OCc2ccc(OC)cc2)cc1. The average molecular weight is 495 g/mol. The summed E-state index contributed by atoms with van der Waals surface area (Å²) in [5.41, 5.74) is 2.72. The van der Waals surface area contributed by atoms with E-state index >= 15 is 0 Å². The Morgan fingerprint density at radius 3 is 2.14 bits per heavy atom. The van der Waals surface area contributed by atoms with E-state index in [1.54, 1.807) is 27.2 Å². The molecule has 0 N–H and O–H groups in total. The number of methoxy groups -OCH3 is 2. The highest BCUT2D eigenvalue weighted by Gasteiger charge is 2.62. The van der Waals surface area contributed by atoms with E-state index in [4.69, 9.17) is 28.4 Å². The van der Waals surface area contributed by atoms with E-state index in [1.807, 2.05) is 54.6 Å². The van der Waals surface area contributed by atoms with Crippen molar-refractivity contribution in [2.75, 3.05) is 27.4 Å². The van der Waals surface area contributed by atoms with Crippen molar-refractivity contribution in [3.05, 3.63) is 94.8 Å². The van der Waals surface area contributed by atoms with Crippen LogP contribution in [0.3, 0.4) is 0 Å². The van der Waals surface area contributed by atoms with Gasteiger partial charge in [0.2, 0.25) is 0 Å². The first-order valence-electron chi connectivity index (χ1n) is 12.0. The number of fused-ring (bicyclic) bond motifs is 2. The molecular weight excluding hydrogens is 463 g/mol. The molecule has 2 fully saturated rings. The van der Waals surface area contributed by atoms with Gasteiger partial charge in [-0.2, -0.15) is 0 Å². The molecule has 2 heterocycles. The molecule has 190 valence electrons. The van der Waals surface area contributed by atoms with Gasteiger partial charge in [-0.25, -0.2) is 4.39 Å². The van der Waals surface area contributed by atoms with Crippen LogP contribution >= 0.6 is 0 Å². The molecule has 3 aromatic carbocycles. The lowest BCUT2D eigenvalue weighted by atomic mass is 9.96. The molecule has 0 saturated carbocycles. The minimum absolute atomic E-state index is 0.243. The lowest BCUT2D eigenvalue weighted by Crippen LogP contribution is -2.46. The fourth-order valence-corrected chi connectivity index (χ4v) is 4.85. The minimum atomic E-state index is -0.767. The van der Waals surface area contributed by atoms with Crippen molar-refractivity contribution >= 4 is 0 Å². The Morgan fingerprint density at radius 2 is 1.53 bits per heavy atom. The second-order valence-electron chi connectivity index (χ2n) is 9.31. The molecule has 0 spiro atoms. The average Bonchev–Trinajstić information content (AvgIpc) is 3.41. The number of hydrogen-bond donors (Lipinski definition) is 0. The van der Waals surface area contributed by atoms with Crippen molar-refractivity contribution in [1.82, 2.24) is 0 Å². The third-order valence-corrected chi connectivity index (χ3v) is 6.87. The Balaban J connectivity index is 1.32. The molecule has 2 saturated heterocycles. The van der Waals surface area contributed by atoms with E-state index in [0.29, 0.717) is 32.0 Å². The molecule has 1 unspecified atom stereocenters. The third kappa shape index (κ3) is 4.97. The normalized spacial score (nSPS) is 24.7. The molecule has 4 atom stereocenters. The molecule has 7 heteroatoms. The first kappa shape index (κ1) is 24.7. The maximum atomic E-state index is 13.9. The summed E-state index contributed by atoms with van der Waals surface area (Å²) in [6.07, 6.45) is -1.04. The van der Waals surface area contributed by atoms with Crippen molar-refractivity contribution in [1.29, 1.82) is 0 Å². The van der Waals surface area contributed by atoms with Gasteiger partial charge in [0, 0.05) is 0 Å². The van der Waals surface area contributed by atoms with Crippen molar-refractivity contribution in [2.45, 2.75) is 44.1 Å². The molecule has 2 aliphatic heterocycles. The van der Waals surface area contributed by atoms with Gasteiger partial charge in [0.15, 0.2) is 0 Å². The van der Waals surface area contributed by atoms with Gasteiger partial charge in [-0.1, -0.05) is 36.4 Å². The highest BCUT2D eigenvalue weighted by atomic mass is 19.1. The topological polar surface area (TPSA) is 55.4 Å². The van der Waals surface area contributed by atoms with Crippen LogP contribution in [0.4, 0.5) is 4.39 Å². The van der Waals surface area contributed by atoms with Gasteiger partial charge in [0.25, 0.3) is 0 Å². The molecular formula is C29H31FO6. The molecule has 2 aliphatic rings. The number of rotatable bonds is 10. The number of halogens is 1. The zero-order valence-electron chi connectivity index (χ0n) is 20.7. The largest absolute Gasteiger partial charge is 0.497 e. The van der Waals surface area contributed by atoms with Crippen LogP contribution in [0.5, 0.6) is 11.5 Å². The first-order valence-corrected chi connectivity index (χ1v) is 12.0. The Labute approximate surface area is 210 Å². The van der Waals surface area contributed by atoms with Gasteiger partial charge in [-0.3, -0.25) is 0 Å². The van der Waals surface area contributed by atoms with Crippen LogP contribution in [0.2, 0.25) is 0 Å². The standard InChI is InChI=1S/C29H31FO6/c1-19-14-22(8-13-25(19)30)26-27-28(34-16-21-6-11-24(32-3)12-7-21)29(36-26,18-35-27)17-33-15-20-4-9-23(31-2)10-5-20/h4-14,26-28H,15-18H2,1-3H3/t26-,27-,28-,29?/m0/s1. The predicted molar refractivity (Wildman–Crippen MR) is 132 cm³/mol. The first-order chi connectivity index (χ1) is 17.5. The Kier molecular flexibility index (Phi) is 7.25. The van der Waals surface area contributed by atoms with E-state index in [0.717, 1.165) is 28.2 Å². The number of ether oxygens (including phenoxy) is 6. The highest BCUT2D eigenvalue weighted by Crippen LogP contribution is 2.49. The smallest absolute Gasteiger partial charge is 0.144 e. The van der Waals surface area contributed by atoms with E-state index in [-0.39, 0.29) is 24.1 Å². The van der Waals surface area contributed by atoms with Crippen molar-refractivity contribution in [3.8, 4) is 11.5 Å². The van der Waals surface area contributed by atoms with Gasteiger partial charge in [0.1, 0.15) is 41.2 Å². The molecule has 6 nitrogen and oxygen atoms in total. The Hall–Kier alpha value is -2.97. The van der Waals surface area contributed by atoms with E-state index in [9.17, 15) is 4.39 Å². The number of hydrogen-bond acceptors (Lipinski definition) is 6. The summed E-state index contributed by atoms with van der Waals surface area (Å²) < 4.78 is 49.8. The van der Waals surface area contributed by atoms with E-state index < -0.39 is 5.60 Å². The highest BCUT2D eigenvalue weighted by molar-refractivity contribution is 5.30. The molecule has 5 rings (SSSR count). The Bertz CT molecular complexity index is 1170. The summed E-state index contributed by atoms with van der Waals surface area (Å²) in [5, 5.41) is 0. The summed E-state index contributed by atoms with van der Waals surface area (Å²) in [7, 11) is 3.28. The van der Waals surface area contributed by atoms with Gasteiger partial charge in [0.05, 0.1) is 40.6 Å². The van der Waals surface area contributed by atoms with E-state index in [2.05, 4.69) is 0 Å². The number of benzene rings is 3. The van der Waals surface area contributed by atoms with Gasteiger partial charge in [-0.05, 0) is 59.5 Å². The van der Waals surface area contributed by atoms with Crippen LogP contribution < -0.4 is 9.47 Å². The summed E-state index contributed by atoms with van der Waals surface area (Å²) in [5.74, 6) is 1.35. The summed E-state index contributed by atoms with van der Waals surface area (Å²) in [4.78, 5) is 0. The van der Waals surface area contributed by atoms with Crippen LogP contribution in [0, 0.1) is 12.7 Å². The maximum absolute atomic E-state index is 13.9. The van der Waals surface area contributed by atoms with Crippen LogP contribution in [-0.4, -0.2) is 45.2 Å². The number of aryl methyl sites for hydroxylation is 1. The molecule has 0 aliphatic carbocycles.